The first-order chi connectivity index (χ1) is 14.4. The van der Waals surface area contributed by atoms with Crippen LogP contribution in [-0.4, -0.2) is 52.5 Å². The van der Waals surface area contributed by atoms with E-state index in [1.54, 1.807) is 7.05 Å². The summed E-state index contributed by atoms with van der Waals surface area (Å²) in [7, 11) is 5.80. The minimum atomic E-state index is -0.645. The number of fused-ring (bicyclic) bond motifs is 1. The average Bonchev–Trinajstić information content (AvgIpc) is 3.13. The molecular formula is C19H21N5O6. The van der Waals surface area contributed by atoms with Crippen LogP contribution in [0.1, 0.15) is 16.8 Å². The van der Waals surface area contributed by atoms with Crippen molar-refractivity contribution in [1.82, 2.24) is 19.3 Å². The molecule has 0 unspecified atom stereocenters. The van der Waals surface area contributed by atoms with Crippen molar-refractivity contribution in [3.8, 4) is 11.5 Å². The Labute approximate surface area is 171 Å². The van der Waals surface area contributed by atoms with Gasteiger partial charge in [0.2, 0.25) is 5.91 Å². The van der Waals surface area contributed by atoms with Gasteiger partial charge in [0.25, 0.3) is 5.56 Å². The summed E-state index contributed by atoms with van der Waals surface area (Å²) in [6, 6.07) is 2.89. The maximum Gasteiger partial charge on any atom is 0.340 e. The van der Waals surface area contributed by atoms with Gasteiger partial charge in [-0.1, -0.05) is 0 Å². The van der Waals surface area contributed by atoms with E-state index in [9.17, 15) is 14.4 Å². The fourth-order valence-corrected chi connectivity index (χ4v) is 2.92. The Balaban J connectivity index is 1.80. The summed E-state index contributed by atoms with van der Waals surface area (Å²) in [5.74, 6) is -0.402. The van der Waals surface area contributed by atoms with Crippen molar-refractivity contribution in [2.45, 2.75) is 13.0 Å². The normalized spacial score (nSPS) is 10.7. The predicted molar refractivity (Wildman–Crippen MR) is 107 cm³/mol. The van der Waals surface area contributed by atoms with Gasteiger partial charge in [0.05, 0.1) is 45.1 Å². The van der Waals surface area contributed by atoms with Gasteiger partial charge in [0.1, 0.15) is 5.39 Å². The third kappa shape index (κ3) is 3.95. The van der Waals surface area contributed by atoms with Crippen LogP contribution in [0.4, 0.5) is 5.69 Å². The van der Waals surface area contributed by atoms with Gasteiger partial charge in [0.15, 0.2) is 17.1 Å². The van der Waals surface area contributed by atoms with E-state index >= 15 is 0 Å². The molecule has 0 spiro atoms. The van der Waals surface area contributed by atoms with Crippen LogP contribution in [0.15, 0.2) is 29.5 Å². The van der Waals surface area contributed by atoms with E-state index in [1.165, 1.54) is 55.2 Å². The lowest BCUT2D eigenvalue weighted by atomic mass is 10.1. The summed E-state index contributed by atoms with van der Waals surface area (Å²) in [5.41, 5.74) is 0.493. The molecule has 0 saturated carbocycles. The topological polar surface area (TPSA) is 127 Å². The van der Waals surface area contributed by atoms with E-state index in [1.807, 2.05) is 0 Å². The van der Waals surface area contributed by atoms with Gasteiger partial charge in [-0.2, -0.15) is 5.10 Å². The molecule has 0 aliphatic rings. The molecule has 2 heterocycles. The Morgan fingerprint density at radius 1 is 1.13 bits per heavy atom. The van der Waals surface area contributed by atoms with Gasteiger partial charge < -0.3 is 19.5 Å². The molecule has 30 heavy (non-hydrogen) atoms. The van der Waals surface area contributed by atoms with Crippen molar-refractivity contribution in [1.29, 1.82) is 0 Å². The Kier molecular flexibility index (Phi) is 6.00. The summed E-state index contributed by atoms with van der Waals surface area (Å²) in [4.78, 5) is 41.3. The number of nitrogens with zero attached hydrogens (tertiary/aromatic N) is 4. The lowest BCUT2D eigenvalue weighted by Crippen LogP contribution is -2.24. The van der Waals surface area contributed by atoms with Crippen molar-refractivity contribution < 1.29 is 23.8 Å². The van der Waals surface area contributed by atoms with Crippen LogP contribution < -0.4 is 20.3 Å². The molecule has 3 aromatic rings. The number of ether oxygens (including phenoxy) is 3. The summed E-state index contributed by atoms with van der Waals surface area (Å²) < 4.78 is 18.0. The molecular weight excluding hydrogens is 394 g/mol. The number of rotatable bonds is 7. The first-order valence-electron chi connectivity index (χ1n) is 8.91. The number of carbonyl (C=O) groups is 2. The van der Waals surface area contributed by atoms with Crippen LogP contribution in [0.3, 0.4) is 0 Å². The van der Waals surface area contributed by atoms with Crippen molar-refractivity contribution in [3.05, 3.63) is 40.6 Å². The number of methoxy groups -OCH3 is 3. The zero-order valence-corrected chi connectivity index (χ0v) is 17.0. The van der Waals surface area contributed by atoms with Crippen LogP contribution in [0, 0.1) is 0 Å². The van der Waals surface area contributed by atoms with Crippen LogP contribution in [0.2, 0.25) is 0 Å². The van der Waals surface area contributed by atoms with Gasteiger partial charge in [-0.15, -0.1) is 0 Å². The Hall–Kier alpha value is -3.89. The van der Waals surface area contributed by atoms with E-state index < -0.39 is 11.9 Å². The lowest BCUT2D eigenvalue weighted by Gasteiger charge is -2.14. The van der Waals surface area contributed by atoms with E-state index in [0.717, 1.165) is 0 Å². The van der Waals surface area contributed by atoms with Crippen LogP contribution in [-0.2, 0) is 23.1 Å². The monoisotopic (exact) mass is 415 g/mol. The number of benzene rings is 1. The molecule has 0 atom stereocenters. The number of hydrogen-bond acceptors (Lipinski definition) is 8. The zero-order chi connectivity index (χ0) is 21.8. The van der Waals surface area contributed by atoms with Gasteiger partial charge in [-0.05, 0) is 0 Å². The van der Waals surface area contributed by atoms with E-state index in [2.05, 4.69) is 15.4 Å². The molecule has 158 valence electrons. The largest absolute Gasteiger partial charge is 0.493 e. The van der Waals surface area contributed by atoms with Crippen molar-refractivity contribution in [3.63, 3.8) is 0 Å². The van der Waals surface area contributed by atoms with Gasteiger partial charge in [-0.3, -0.25) is 18.8 Å². The summed E-state index contributed by atoms with van der Waals surface area (Å²) in [6.07, 6.45) is 2.78. The Morgan fingerprint density at radius 2 is 1.83 bits per heavy atom. The van der Waals surface area contributed by atoms with Crippen molar-refractivity contribution >= 4 is 28.6 Å². The molecule has 1 amide bonds. The molecule has 11 nitrogen and oxygen atoms in total. The minimum Gasteiger partial charge on any atom is -0.493 e. The maximum atomic E-state index is 12.5. The number of hydrogen-bond donors (Lipinski definition) is 1. The van der Waals surface area contributed by atoms with Crippen LogP contribution in [0.25, 0.3) is 11.0 Å². The number of carbonyl (C=O) groups excluding carboxylic acids is 2. The number of amides is 1. The highest BCUT2D eigenvalue weighted by atomic mass is 16.5. The van der Waals surface area contributed by atoms with Crippen LogP contribution >= 0.6 is 0 Å². The molecule has 0 bridgehead atoms. The van der Waals surface area contributed by atoms with E-state index in [-0.39, 0.29) is 29.8 Å². The summed E-state index contributed by atoms with van der Waals surface area (Å²) in [6.45, 7) is 0.101. The minimum absolute atomic E-state index is 0.0255. The third-order valence-electron chi connectivity index (χ3n) is 4.50. The first kappa shape index (κ1) is 20.8. The summed E-state index contributed by atoms with van der Waals surface area (Å²) in [5, 5.41) is 7.03. The molecule has 0 radical (unpaired) electrons. The fraction of sp³-hybridized carbons (Fsp3) is 0.316. The van der Waals surface area contributed by atoms with Gasteiger partial charge >= 0.3 is 5.97 Å². The molecule has 0 saturated heterocycles. The fourth-order valence-electron chi connectivity index (χ4n) is 2.92. The van der Waals surface area contributed by atoms with Crippen LogP contribution in [0.5, 0.6) is 11.5 Å². The third-order valence-corrected chi connectivity index (χ3v) is 4.50. The number of esters is 1. The number of anilines is 1. The smallest absolute Gasteiger partial charge is 0.340 e. The van der Waals surface area contributed by atoms with E-state index in [4.69, 9.17) is 14.2 Å². The lowest BCUT2D eigenvalue weighted by molar-refractivity contribution is -0.116. The molecule has 1 aromatic carbocycles. The standard InChI is InChI=1S/C19H21N5O6/c1-23-17-12(9-21-23)18(26)24(10-20-17)6-5-16(25)22-13-8-15(29-3)14(28-2)7-11(13)19(27)30-4/h7-10H,5-6H2,1-4H3,(H,22,25). The molecule has 0 aliphatic carbocycles. The first-order valence-corrected chi connectivity index (χ1v) is 8.91. The second-order valence-electron chi connectivity index (χ2n) is 6.29. The van der Waals surface area contributed by atoms with Crippen molar-refractivity contribution in [2.75, 3.05) is 26.6 Å². The predicted octanol–water partition coefficient (Wildman–Crippen LogP) is 0.963. The second-order valence-corrected chi connectivity index (χ2v) is 6.29. The molecule has 0 fully saturated rings. The quantitative estimate of drug-likeness (QED) is 0.566. The molecule has 3 rings (SSSR count). The van der Waals surface area contributed by atoms with Gasteiger partial charge in [0, 0.05) is 32.1 Å². The average molecular weight is 415 g/mol. The molecule has 2 aromatic heterocycles. The highest BCUT2D eigenvalue weighted by molar-refractivity contribution is 6.02. The maximum absolute atomic E-state index is 12.5. The second kappa shape index (κ2) is 8.64. The molecule has 0 aliphatic heterocycles. The Bertz CT molecular complexity index is 1170. The number of aryl methyl sites for hydroxylation is 2. The van der Waals surface area contributed by atoms with Gasteiger partial charge in [-0.25, -0.2) is 9.78 Å². The Morgan fingerprint density at radius 3 is 2.50 bits per heavy atom. The highest BCUT2D eigenvalue weighted by Gasteiger charge is 2.19. The molecule has 1 N–H and O–H groups in total. The van der Waals surface area contributed by atoms with Crippen molar-refractivity contribution in [2.24, 2.45) is 7.05 Å². The highest BCUT2D eigenvalue weighted by Crippen LogP contribution is 2.33. The number of nitrogens with one attached hydrogen (secondary N) is 1. The summed E-state index contributed by atoms with van der Waals surface area (Å²) >= 11 is 0. The SMILES string of the molecule is COC(=O)c1cc(OC)c(OC)cc1NC(=O)CCn1cnc2c(cnn2C)c1=O. The zero-order valence-electron chi connectivity index (χ0n) is 17.0. The van der Waals surface area contributed by atoms with E-state index in [0.29, 0.717) is 22.5 Å². The number of aromatic nitrogens is 4. The molecule has 11 heteroatoms.